The van der Waals surface area contributed by atoms with E-state index in [1.807, 2.05) is 26.0 Å². The minimum Gasteiger partial charge on any atom is -0.467 e. The van der Waals surface area contributed by atoms with Crippen LogP contribution >= 0.6 is 0 Å². The lowest BCUT2D eigenvalue weighted by molar-refractivity contribution is -0.119. The second-order valence-electron chi connectivity index (χ2n) is 5.42. The molecule has 0 fully saturated rings. The van der Waals surface area contributed by atoms with Crippen molar-refractivity contribution in [2.75, 3.05) is 17.1 Å². The Kier molecular flexibility index (Phi) is 5.10. The van der Waals surface area contributed by atoms with E-state index in [4.69, 9.17) is 4.42 Å². The molecule has 0 spiro atoms. The Hall–Kier alpha value is -2.28. The molecule has 0 aliphatic carbocycles. The van der Waals surface area contributed by atoms with Gasteiger partial charge < -0.3 is 9.73 Å². The SMILES string of the molecule is Cc1ccc(C)c(N(CC(=O)NCc2ccco2)S(C)(=O)=O)c1. The molecule has 1 amide bonds. The van der Waals surface area contributed by atoms with Gasteiger partial charge in [0.05, 0.1) is 24.8 Å². The number of nitrogens with one attached hydrogen (secondary N) is 1. The molecule has 2 aromatic rings. The van der Waals surface area contributed by atoms with Gasteiger partial charge in [0, 0.05) is 0 Å². The molecule has 1 aromatic heterocycles. The number of carbonyl (C=O) groups is 1. The molecule has 6 nitrogen and oxygen atoms in total. The molecule has 23 heavy (non-hydrogen) atoms. The fraction of sp³-hybridized carbons (Fsp3) is 0.312. The van der Waals surface area contributed by atoms with Gasteiger partial charge in [0.25, 0.3) is 0 Å². The molecule has 0 radical (unpaired) electrons. The monoisotopic (exact) mass is 336 g/mol. The van der Waals surface area contributed by atoms with Crippen LogP contribution in [0.3, 0.4) is 0 Å². The van der Waals surface area contributed by atoms with E-state index in [0.717, 1.165) is 21.7 Å². The molecule has 0 bridgehead atoms. The third kappa shape index (κ3) is 4.59. The number of amides is 1. The van der Waals surface area contributed by atoms with Gasteiger partial charge in [-0.3, -0.25) is 9.10 Å². The maximum Gasteiger partial charge on any atom is 0.241 e. The van der Waals surface area contributed by atoms with E-state index in [-0.39, 0.29) is 13.1 Å². The lowest BCUT2D eigenvalue weighted by Gasteiger charge is -2.24. The van der Waals surface area contributed by atoms with Crippen molar-refractivity contribution in [3.63, 3.8) is 0 Å². The highest BCUT2D eigenvalue weighted by Crippen LogP contribution is 2.23. The van der Waals surface area contributed by atoms with Crippen LogP contribution in [-0.2, 0) is 21.4 Å². The smallest absolute Gasteiger partial charge is 0.241 e. The van der Waals surface area contributed by atoms with Gasteiger partial charge in [0.2, 0.25) is 15.9 Å². The first-order chi connectivity index (χ1) is 10.8. The normalized spacial score (nSPS) is 11.3. The van der Waals surface area contributed by atoms with E-state index in [1.165, 1.54) is 6.26 Å². The van der Waals surface area contributed by atoms with Gasteiger partial charge in [-0.05, 0) is 43.2 Å². The zero-order valence-electron chi connectivity index (χ0n) is 13.4. The number of carbonyl (C=O) groups excluding carboxylic acids is 1. The van der Waals surface area contributed by atoms with E-state index >= 15 is 0 Å². The highest BCUT2D eigenvalue weighted by molar-refractivity contribution is 7.92. The summed E-state index contributed by atoms with van der Waals surface area (Å²) in [5.74, 6) is 0.212. The van der Waals surface area contributed by atoms with Gasteiger partial charge in [-0.2, -0.15) is 0 Å². The van der Waals surface area contributed by atoms with Crippen molar-refractivity contribution in [2.45, 2.75) is 20.4 Å². The van der Waals surface area contributed by atoms with Crippen LogP contribution in [0.1, 0.15) is 16.9 Å². The second kappa shape index (κ2) is 6.87. The predicted octanol–water partition coefficient (Wildman–Crippen LogP) is 1.98. The number of anilines is 1. The average molecular weight is 336 g/mol. The quantitative estimate of drug-likeness (QED) is 0.875. The zero-order valence-corrected chi connectivity index (χ0v) is 14.2. The van der Waals surface area contributed by atoms with Gasteiger partial charge in [-0.15, -0.1) is 0 Å². The van der Waals surface area contributed by atoms with Gasteiger partial charge >= 0.3 is 0 Å². The first kappa shape index (κ1) is 17.1. The Labute approximate surface area is 136 Å². The number of benzene rings is 1. The van der Waals surface area contributed by atoms with Gasteiger partial charge in [0.1, 0.15) is 12.3 Å². The largest absolute Gasteiger partial charge is 0.467 e. The summed E-state index contributed by atoms with van der Waals surface area (Å²) < 4.78 is 30.4. The molecule has 7 heteroatoms. The first-order valence-electron chi connectivity index (χ1n) is 7.11. The average Bonchev–Trinajstić information content (AvgIpc) is 2.97. The summed E-state index contributed by atoms with van der Waals surface area (Å²) in [6.07, 6.45) is 2.61. The Balaban J connectivity index is 2.16. The predicted molar refractivity (Wildman–Crippen MR) is 88.7 cm³/mol. The first-order valence-corrected chi connectivity index (χ1v) is 8.96. The summed E-state index contributed by atoms with van der Waals surface area (Å²) >= 11 is 0. The van der Waals surface area contributed by atoms with Crippen LogP contribution in [-0.4, -0.2) is 27.1 Å². The highest BCUT2D eigenvalue weighted by Gasteiger charge is 2.22. The van der Waals surface area contributed by atoms with Gasteiger partial charge in [0.15, 0.2) is 0 Å². The van der Waals surface area contributed by atoms with E-state index in [0.29, 0.717) is 11.4 Å². The summed E-state index contributed by atoms with van der Waals surface area (Å²) in [5.41, 5.74) is 2.23. The van der Waals surface area contributed by atoms with Crippen LogP contribution in [0.25, 0.3) is 0 Å². The van der Waals surface area contributed by atoms with Gasteiger partial charge in [-0.25, -0.2) is 8.42 Å². The van der Waals surface area contributed by atoms with Crippen LogP contribution < -0.4 is 9.62 Å². The summed E-state index contributed by atoms with van der Waals surface area (Å²) in [6.45, 7) is 3.63. The molecule has 0 saturated carbocycles. The maximum absolute atomic E-state index is 12.1. The standard InChI is InChI=1S/C16H20N2O4S/c1-12-6-7-13(2)15(9-12)18(23(3,20)21)11-16(19)17-10-14-5-4-8-22-14/h4-9H,10-11H2,1-3H3,(H,17,19). The minimum absolute atomic E-state index is 0.218. The molecule has 0 aliphatic heterocycles. The number of hydrogen-bond donors (Lipinski definition) is 1. The van der Waals surface area contributed by atoms with Crippen LogP contribution in [0.2, 0.25) is 0 Å². The van der Waals surface area contributed by atoms with Crippen LogP contribution in [0.5, 0.6) is 0 Å². The van der Waals surface area contributed by atoms with Crippen molar-refractivity contribution in [3.05, 3.63) is 53.5 Å². The Bertz CT molecular complexity index is 782. The molecule has 124 valence electrons. The molecule has 0 atom stereocenters. The van der Waals surface area contributed by atoms with Crippen molar-refractivity contribution in [1.29, 1.82) is 0 Å². The molecule has 0 unspecified atom stereocenters. The van der Waals surface area contributed by atoms with Gasteiger partial charge in [-0.1, -0.05) is 12.1 Å². The third-order valence-corrected chi connectivity index (χ3v) is 4.49. The Morgan fingerprint density at radius 3 is 2.61 bits per heavy atom. The fourth-order valence-corrected chi connectivity index (χ4v) is 3.06. The van der Waals surface area contributed by atoms with Crippen LogP contribution in [0.15, 0.2) is 41.0 Å². The molecular weight excluding hydrogens is 316 g/mol. The maximum atomic E-state index is 12.1. The summed E-state index contributed by atoms with van der Waals surface area (Å²) in [5, 5.41) is 2.65. The van der Waals surface area contributed by atoms with Crippen LogP contribution in [0, 0.1) is 13.8 Å². The topological polar surface area (TPSA) is 79.6 Å². The van der Waals surface area contributed by atoms with Crippen molar-refractivity contribution in [3.8, 4) is 0 Å². The molecule has 0 aliphatic rings. The third-order valence-electron chi connectivity index (χ3n) is 3.36. The molecular formula is C16H20N2O4S. The molecule has 2 rings (SSSR count). The Morgan fingerprint density at radius 2 is 2.00 bits per heavy atom. The van der Waals surface area contributed by atoms with Crippen molar-refractivity contribution < 1.29 is 17.6 Å². The lowest BCUT2D eigenvalue weighted by Crippen LogP contribution is -2.40. The minimum atomic E-state index is -3.58. The van der Waals surface area contributed by atoms with E-state index in [1.54, 1.807) is 18.2 Å². The fourth-order valence-electron chi connectivity index (χ4n) is 2.15. The van der Waals surface area contributed by atoms with Crippen molar-refractivity contribution in [2.24, 2.45) is 0 Å². The summed E-state index contributed by atoms with van der Waals surface area (Å²) in [7, 11) is -3.58. The van der Waals surface area contributed by atoms with E-state index in [2.05, 4.69) is 5.32 Å². The molecule has 0 saturated heterocycles. The molecule has 1 aromatic carbocycles. The lowest BCUT2D eigenvalue weighted by atomic mass is 10.1. The zero-order chi connectivity index (χ0) is 17.0. The van der Waals surface area contributed by atoms with Crippen molar-refractivity contribution >= 4 is 21.6 Å². The number of hydrogen-bond acceptors (Lipinski definition) is 4. The number of rotatable bonds is 6. The molecule has 1 heterocycles. The number of nitrogens with zero attached hydrogens (tertiary/aromatic N) is 1. The molecule has 1 N–H and O–H groups in total. The van der Waals surface area contributed by atoms with Crippen molar-refractivity contribution in [1.82, 2.24) is 5.32 Å². The summed E-state index contributed by atoms with van der Waals surface area (Å²) in [6, 6.07) is 8.95. The van der Waals surface area contributed by atoms with E-state index < -0.39 is 15.9 Å². The number of furan rings is 1. The second-order valence-corrected chi connectivity index (χ2v) is 7.32. The number of aryl methyl sites for hydroxylation is 2. The summed E-state index contributed by atoms with van der Waals surface area (Å²) in [4.78, 5) is 12.1. The van der Waals surface area contributed by atoms with E-state index in [9.17, 15) is 13.2 Å². The van der Waals surface area contributed by atoms with Crippen LogP contribution in [0.4, 0.5) is 5.69 Å². The Morgan fingerprint density at radius 1 is 1.26 bits per heavy atom. The highest BCUT2D eigenvalue weighted by atomic mass is 32.2. The number of sulfonamides is 1.